The van der Waals surface area contributed by atoms with Crippen molar-refractivity contribution in [3.05, 3.63) is 29.8 Å². The number of rotatable bonds is 3. The van der Waals surface area contributed by atoms with Gasteiger partial charge in [-0.15, -0.1) is 0 Å². The summed E-state index contributed by atoms with van der Waals surface area (Å²) in [5.41, 5.74) is 5.72. The smallest absolute Gasteiger partial charge is 0.311 e. The van der Waals surface area contributed by atoms with E-state index in [2.05, 4.69) is 0 Å². The van der Waals surface area contributed by atoms with Crippen LogP contribution in [0.3, 0.4) is 0 Å². The van der Waals surface area contributed by atoms with Gasteiger partial charge >= 0.3 is 5.97 Å². The van der Waals surface area contributed by atoms with Gasteiger partial charge in [-0.25, -0.2) is 0 Å². The Morgan fingerprint density at radius 1 is 1.39 bits per heavy atom. The number of benzene rings is 1. The van der Waals surface area contributed by atoms with Crippen molar-refractivity contribution in [2.24, 2.45) is 11.1 Å². The van der Waals surface area contributed by atoms with Crippen LogP contribution in [0, 0.1) is 5.41 Å². The molecule has 1 heterocycles. The molecule has 0 spiro atoms. The lowest BCUT2D eigenvalue weighted by Crippen LogP contribution is -2.32. The monoisotopic (exact) mass is 248 g/mol. The van der Waals surface area contributed by atoms with Crippen LogP contribution >= 0.6 is 0 Å². The lowest BCUT2D eigenvalue weighted by molar-refractivity contribution is -0.146. The van der Waals surface area contributed by atoms with Crippen molar-refractivity contribution in [2.45, 2.75) is 13.3 Å². The van der Waals surface area contributed by atoms with Gasteiger partial charge in [0, 0.05) is 18.8 Å². The number of carboxylic acid groups (broad SMARTS) is 1. The molecule has 1 saturated heterocycles. The predicted octanol–water partition coefficient (Wildman–Crippen LogP) is 1.09. The van der Waals surface area contributed by atoms with Crippen LogP contribution in [0.5, 0.6) is 0 Å². The average molecular weight is 248 g/mol. The number of para-hydroxylation sites is 1. The maximum Gasteiger partial charge on any atom is 0.311 e. The lowest BCUT2D eigenvalue weighted by atomic mass is 9.90. The number of amides is 1. The number of carbonyl (C=O) groups is 2. The third kappa shape index (κ3) is 2.03. The maximum absolute atomic E-state index is 11.4. The minimum absolute atomic E-state index is 0.395. The predicted molar refractivity (Wildman–Crippen MR) is 67.5 cm³/mol. The van der Waals surface area contributed by atoms with Crippen LogP contribution in [0.15, 0.2) is 24.3 Å². The van der Waals surface area contributed by atoms with Gasteiger partial charge in [0.2, 0.25) is 0 Å². The van der Waals surface area contributed by atoms with Crippen molar-refractivity contribution in [3.63, 3.8) is 0 Å². The van der Waals surface area contributed by atoms with Gasteiger partial charge in [0.1, 0.15) is 0 Å². The number of anilines is 1. The molecule has 96 valence electrons. The summed E-state index contributed by atoms with van der Waals surface area (Å²) in [6, 6.07) is 7.02. The van der Waals surface area contributed by atoms with E-state index in [0.29, 0.717) is 25.1 Å². The van der Waals surface area contributed by atoms with E-state index in [0.717, 1.165) is 5.69 Å². The third-order valence-corrected chi connectivity index (χ3v) is 3.50. The summed E-state index contributed by atoms with van der Waals surface area (Å²) < 4.78 is 0. The van der Waals surface area contributed by atoms with Crippen molar-refractivity contribution in [1.29, 1.82) is 0 Å². The molecule has 1 aromatic rings. The molecule has 1 amide bonds. The van der Waals surface area contributed by atoms with Gasteiger partial charge in [-0.1, -0.05) is 12.1 Å². The molecule has 2 rings (SSSR count). The minimum Gasteiger partial charge on any atom is -0.481 e. The van der Waals surface area contributed by atoms with Crippen LogP contribution in [0.4, 0.5) is 5.69 Å². The first kappa shape index (κ1) is 12.4. The Labute approximate surface area is 105 Å². The van der Waals surface area contributed by atoms with Gasteiger partial charge in [-0.2, -0.15) is 0 Å². The fraction of sp³-hybridized carbons (Fsp3) is 0.385. The van der Waals surface area contributed by atoms with E-state index in [1.807, 2.05) is 11.0 Å². The Hall–Kier alpha value is -2.04. The molecule has 1 fully saturated rings. The van der Waals surface area contributed by atoms with Crippen molar-refractivity contribution >= 4 is 17.6 Å². The van der Waals surface area contributed by atoms with Crippen LogP contribution in [0.2, 0.25) is 0 Å². The number of hydrogen-bond donors (Lipinski definition) is 2. The zero-order valence-electron chi connectivity index (χ0n) is 10.2. The molecule has 5 nitrogen and oxygen atoms in total. The zero-order valence-corrected chi connectivity index (χ0v) is 10.2. The van der Waals surface area contributed by atoms with Gasteiger partial charge in [0.25, 0.3) is 5.91 Å². The molecule has 1 aliphatic heterocycles. The van der Waals surface area contributed by atoms with Gasteiger partial charge < -0.3 is 15.7 Å². The molecular weight excluding hydrogens is 232 g/mol. The standard InChI is InChI=1S/C13H16N2O3/c1-13(12(17)18)6-7-15(8-13)10-5-3-2-4-9(10)11(14)16/h2-5H,6-8H2,1H3,(H2,14,16)(H,17,18). The van der Waals surface area contributed by atoms with Gasteiger partial charge in [-0.05, 0) is 25.5 Å². The summed E-state index contributed by atoms with van der Waals surface area (Å²) in [7, 11) is 0. The third-order valence-electron chi connectivity index (χ3n) is 3.50. The van der Waals surface area contributed by atoms with Crippen LogP contribution in [-0.2, 0) is 4.79 Å². The first-order valence-electron chi connectivity index (χ1n) is 5.81. The van der Waals surface area contributed by atoms with Crippen molar-refractivity contribution < 1.29 is 14.7 Å². The number of primary amides is 1. The highest BCUT2D eigenvalue weighted by molar-refractivity contribution is 5.98. The SMILES string of the molecule is CC1(C(=O)O)CCN(c2ccccc2C(N)=O)C1. The van der Waals surface area contributed by atoms with Gasteiger partial charge in [0.05, 0.1) is 11.0 Å². The topological polar surface area (TPSA) is 83.6 Å². The summed E-state index contributed by atoms with van der Waals surface area (Å²) >= 11 is 0. The molecule has 0 aromatic heterocycles. The Morgan fingerprint density at radius 2 is 2.06 bits per heavy atom. The van der Waals surface area contributed by atoms with E-state index >= 15 is 0 Å². The number of nitrogens with two attached hydrogens (primary N) is 1. The molecule has 1 atom stereocenters. The first-order valence-corrected chi connectivity index (χ1v) is 5.81. The molecule has 0 bridgehead atoms. The first-order chi connectivity index (χ1) is 8.44. The molecule has 0 saturated carbocycles. The Balaban J connectivity index is 2.30. The van der Waals surface area contributed by atoms with E-state index in [1.165, 1.54) is 0 Å². The van der Waals surface area contributed by atoms with Gasteiger partial charge in [-0.3, -0.25) is 9.59 Å². The normalized spacial score (nSPS) is 23.1. The number of carbonyl (C=O) groups excluding carboxylic acids is 1. The van der Waals surface area contributed by atoms with E-state index < -0.39 is 17.3 Å². The average Bonchev–Trinajstić information content (AvgIpc) is 2.73. The highest BCUT2D eigenvalue weighted by Crippen LogP contribution is 2.34. The van der Waals surface area contributed by atoms with Crippen LogP contribution < -0.4 is 10.6 Å². The van der Waals surface area contributed by atoms with E-state index in [1.54, 1.807) is 25.1 Å². The highest BCUT2D eigenvalue weighted by atomic mass is 16.4. The minimum atomic E-state index is -0.804. The highest BCUT2D eigenvalue weighted by Gasteiger charge is 2.41. The number of carboxylic acids is 1. The number of aliphatic carboxylic acids is 1. The molecule has 0 radical (unpaired) electrons. The summed E-state index contributed by atoms with van der Waals surface area (Å²) in [6.45, 7) is 2.74. The molecule has 1 aliphatic rings. The quantitative estimate of drug-likeness (QED) is 0.838. The Kier molecular flexibility index (Phi) is 2.98. The summed E-state index contributed by atoms with van der Waals surface area (Å²) in [5.74, 6) is -1.30. The molecule has 5 heteroatoms. The second-order valence-electron chi connectivity index (χ2n) is 4.92. The zero-order chi connectivity index (χ0) is 13.3. The maximum atomic E-state index is 11.4. The molecule has 1 aromatic carbocycles. The second-order valence-corrected chi connectivity index (χ2v) is 4.92. The number of nitrogens with zero attached hydrogens (tertiary/aromatic N) is 1. The fourth-order valence-electron chi connectivity index (χ4n) is 2.30. The largest absolute Gasteiger partial charge is 0.481 e. The molecular formula is C13H16N2O3. The molecule has 18 heavy (non-hydrogen) atoms. The van der Waals surface area contributed by atoms with Crippen LogP contribution in [-0.4, -0.2) is 30.1 Å². The van der Waals surface area contributed by atoms with Crippen LogP contribution in [0.25, 0.3) is 0 Å². The second kappa shape index (κ2) is 4.33. The fourth-order valence-corrected chi connectivity index (χ4v) is 2.30. The summed E-state index contributed by atoms with van der Waals surface area (Å²) in [6.07, 6.45) is 0.565. The Bertz CT molecular complexity index is 501. The van der Waals surface area contributed by atoms with E-state index in [4.69, 9.17) is 5.73 Å². The number of hydrogen-bond acceptors (Lipinski definition) is 3. The van der Waals surface area contributed by atoms with Crippen molar-refractivity contribution in [1.82, 2.24) is 0 Å². The molecule has 1 unspecified atom stereocenters. The summed E-state index contributed by atoms with van der Waals surface area (Å²) in [5, 5.41) is 9.20. The Morgan fingerprint density at radius 3 is 2.61 bits per heavy atom. The molecule has 0 aliphatic carbocycles. The van der Waals surface area contributed by atoms with Gasteiger partial charge in [0.15, 0.2) is 0 Å². The van der Waals surface area contributed by atoms with E-state index in [-0.39, 0.29) is 0 Å². The lowest BCUT2D eigenvalue weighted by Gasteiger charge is -2.23. The summed E-state index contributed by atoms with van der Waals surface area (Å²) in [4.78, 5) is 24.5. The van der Waals surface area contributed by atoms with Crippen LogP contribution in [0.1, 0.15) is 23.7 Å². The molecule has 3 N–H and O–H groups in total. The van der Waals surface area contributed by atoms with E-state index in [9.17, 15) is 14.7 Å². The van der Waals surface area contributed by atoms with Crippen molar-refractivity contribution in [3.8, 4) is 0 Å². The van der Waals surface area contributed by atoms with Crippen molar-refractivity contribution in [2.75, 3.05) is 18.0 Å².